The summed E-state index contributed by atoms with van der Waals surface area (Å²) >= 11 is 0. The van der Waals surface area contributed by atoms with Crippen LogP contribution in [0, 0.1) is 37.5 Å². The number of Topliss-reactive ketones (excluding diaryl/α,β-unsaturated/α-hetero) is 2. The van der Waals surface area contributed by atoms with Crippen molar-refractivity contribution < 1.29 is 19.2 Å². The Bertz CT molecular complexity index is 2540. The number of aromatic nitrogens is 2. The highest BCUT2D eigenvalue weighted by molar-refractivity contribution is 5.90. The van der Waals surface area contributed by atoms with Crippen molar-refractivity contribution in [3.63, 3.8) is 0 Å². The molecule has 6 aromatic rings. The molecule has 2 aliphatic rings. The zero-order valence-corrected chi connectivity index (χ0v) is 41.3. The molecule has 0 saturated heterocycles. The quantitative estimate of drug-likeness (QED) is 0.0660. The fourth-order valence-electron chi connectivity index (χ4n) is 10.2. The van der Waals surface area contributed by atoms with Crippen molar-refractivity contribution in [1.82, 2.24) is 20.6 Å². The lowest BCUT2D eigenvalue weighted by Crippen LogP contribution is -2.41. The molecule has 2 heterocycles. The van der Waals surface area contributed by atoms with E-state index in [1.165, 1.54) is 33.4 Å². The Morgan fingerprint density at radius 3 is 1.29 bits per heavy atom. The van der Waals surface area contributed by atoms with Gasteiger partial charge in [-0.05, 0) is 160 Å². The van der Waals surface area contributed by atoms with Crippen LogP contribution in [0.25, 0.3) is 22.3 Å². The first-order chi connectivity index (χ1) is 33.8. The second kappa shape index (κ2) is 24.6. The van der Waals surface area contributed by atoms with Crippen LogP contribution >= 0.6 is 0 Å². The first-order valence-electron chi connectivity index (χ1n) is 25.2. The molecule has 2 saturated carbocycles. The molecule has 10 nitrogen and oxygen atoms in total. The predicted octanol–water partition coefficient (Wildman–Crippen LogP) is 10.6. The van der Waals surface area contributed by atoms with Gasteiger partial charge in [-0.15, -0.1) is 0 Å². The summed E-state index contributed by atoms with van der Waals surface area (Å²) < 4.78 is 0. The molecule has 10 heteroatoms. The molecule has 2 amide bonds. The van der Waals surface area contributed by atoms with Crippen molar-refractivity contribution >= 4 is 35.0 Å². The van der Waals surface area contributed by atoms with Crippen molar-refractivity contribution in [1.29, 1.82) is 0 Å². The Morgan fingerprint density at radius 2 is 0.900 bits per heavy atom. The molecule has 6 atom stereocenters. The third-order valence-corrected chi connectivity index (χ3v) is 14.3. The molecule has 2 aliphatic carbocycles. The number of benzene rings is 4. The van der Waals surface area contributed by atoms with Crippen LogP contribution in [0.5, 0.6) is 0 Å². The number of aryl methyl sites for hydroxylation is 4. The number of carbonyl (C=O) groups excluding carboxylic acids is 4. The fraction of sp³-hybridized carbons (Fsp3) is 0.367. The van der Waals surface area contributed by atoms with Crippen molar-refractivity contribution in [3.05, 3.63) is 167 Å². The van der Waals surface area contributed by atoms with E-state index < -0.39 is 12.1 Å². The fourth-order valence-corrected chi connectivity index (χ4v) is 10.2. The predicted molar refractivity (Wildman–Crippen MR) is 281 cm³/mol. The van der Waals surface area contributed by atoms with Crippen molar-refractivity contribution in [2.45, 2.75) is 117 Å². The summed E-state index contributed by atoms with van der Waals surface area (Å²) in [5, 5.41) is 5.95. The number of nitrogens with one attached hydrogen (secondary N) is 2. The number of nitrogens with zero attached hydrogens (tertiary/aromatic N) is 2. The molecule has 6 N–H and O–H groups in total. The number of nitrogen functional groups attached to an aromatic ring is 2. The SMILES string of the molecule is Cc1nc(N)ccc1CCC(=O)[C@H](C)NC(=O)[C@@H]1CC[C@@H](Cc2cccc(-c3ccccc3)c2)C1.Cc1nc(N)ccc1CCC(=O)[C@H](C)NC(=O)[C@@H]1CC[C@@H](Cc2cccc(-c3ccccc3)c2)C1. The smallest absolute Gasteiger partial charge is 0.223 e. The molecule has 364 valence electrons. The second-order valence-corrected chi connectivity index (χ2v) is 19.6. The third-order valence-electron chi connectivity index (χ3n) is 14.3. The molecule has 0 unspecified atom stereocenters. The van der Waals surface area contributed by atoms with Gasteiger partial charge in [0.1, 0.15) is 11.6 Å². The first kappa shape index (κ1) is 50.9. The number of anilines is 2. The molecule has 2 fully saturated rings. The number of carbonyl (C=O) groups is 4. The molecule has 70 heavy (non-hydrogen) atoms. The zero-order chi connectivity index (χ0) is 49.6. The van der Waals surface area contributed by atoms with Crippen LogP contribution in [0.4, 0.5) is 11.6 Å². The summed E-state index contributed by atoms with van der Waals surface area (Å²) in [4.78, 5) is 59.5. The Hall–Kier alpha value is -6.94. The molecular formula is C60H70N6O4. The summed E-state index contributed by atoms with van der Waals surface area (Å²) in [5.41, 5.74) is 22.7. The highest BCUT2D eigenvalue weighted by Gasteiger charge is 2.33. The lowest BCUT2D eigenvalue weighted by molar-refractivity contribution is -0.129. The van der Waals surface area contributed by atoms with Crippen LogP contribution in [-0.4, -0.2) is 45.4 Å². The van der Waals surface area contributed by atoms with Gasteiger partial charge in [0.05, 0.1) is 12.1 Å². The van der Waals surface area contributed by atoms with E-state index in [9.17, 15) is 19.2 Å². The van der Waals surface area contributed by atoms with Crippen LogP contribution in [0.15, 0.2) is 133 Å². The molecule has 0 spiro atoms. The Morgan fingerprint density at radius 1 is 0.514 bits per heavy atom. The molecule has 0 radical (unpaired) electrons. The third kappa shape index (κ3) is 14.5. The van der Waals surface area contributed by atoms with Gasteiger partial charge >= 0.3 is 0 Å². The minimum atomic E-state index is -0.480. The maximum atomic E-state index is 12.9. The number of pyridine rings is 2. The second-order valence-electron chi connectivity index (χ2n) is 19.6. The summed E-state index contributed by atoms with van der Waals surface area (Å²) in [7, 11) is 0. The highest BCUT2D eigenvalue weighted by atomic mass is 16.2. The van der Waals surface area contributed by atoms with E-state index in [1.54, 1.807) is 26.0 Å². The molecular weight excluding hydrogens is 869 g/mol. The van der Waals surface area contributed by atoms with Gasteiger partial charge in [0.15, 0.2) is 11.6 Å². The molecule has 8 rings (SSSR count). The van der Waals surface area contributed by atoms with E-state index in [0.717, 1.165) is 73.9 Å². The number of amides is 2. The number of hydrogen-bond donors (Lipinski definition) is 4. The van der Waals surface area contributed by atoms with E-state index in [1.807, 2.05) is 38.1 Å². The minimum Gasteiger partial charge on any atom is -0.384 e. The number of rotatable bonds is 18. The van der Waals surface area contributed by atoms with E-state index >= 15 is 0 Å². The van der Waals surface area contributed by atoms with E-state index in [-0.39, 0.29) is 35.2 Å². The average Bonchev–Trinajstić information content (AvgIpc) is 4.04. The first-order valence-corrected chi connectivity index (χ1v) is 25.2. The normalized spacial score (nSPS) is 18.2. The number of hydrogen-bond acceptors (Lipinski definition) is 8. The van der Waals surface area contributed by atoms with Gasteiger partial charge in [0, 0.05) is 36.1 Å². The Labute approximate surface area is 414 Å². The van der Waals surface area contributed by atoms with Crippen LogP contribution < -0.4 is 22.1 Å². The summed E-state index contributed by atoms with van der Waals surface area (Å²) in [6, 6.07) is 44.6. The zero-order valence-electron chi connectivity index (χ0n) is 41.3. The van der Waals surface area contributed by atoms with Crippen LogP contribution in [0.3, 0.4) is 0 Å². The maximum absolute atomic E-state index is 12.9. The van der Waals surface area contributed by atoms with Gasteiger partial charge in [0.2, 0.25) is 11.8 Å². The summed E-state index contributed by atoms with van der Waals surface area (Å²) in [5.74, 6) is 2.02. The summed E-state index contributed by atoms with van der Waals surface area (Å²) in [6.07, 6.45) is 9.51. The van der Waals surface area contributed by atoms with Gasteiger partial charge in [-0.25, -0.2) is 9.97 Å². The van der Waals surface area contributed by atoms with Crippen LogP contribution in [0.1, 0.15) is 98.9 Å². The van der Waals surface area contributed by atoms with Gasteiger partial charge < -0.3 is 22.1 Å². The lowest BCUT2D eigenvalue weighted by Gasteiger charge is -2.17. The maximum Gasteiger partial charge on any atom is 0.223 e. The van der Waals surface area contributed by atoms with Gasteiger partial charge in [-0.1, -0.05) is 121 Å². The van der Waals surface area contributed by atoms with E-state index in [2.05, 4.69) is 118 Å². The largest absolute Gasteiger partial charge is 0.384 e. The summed E-state index contributed by atoms with van der Waals surface area (Å²) in [6.45, 7) is 7.37. The highest BCUT2D eigenvalue weighted by Crippen LogP contribution is 2.36. The molecule has 2 aromatic heterocycles. The lowest BCUT2D eigenvalue weighted by atomic mass is 9.94. The van der Waals surface area contributed by atoms with Gasteiger partial charge in [-0.2, -0.15) is 0 Å². The Balaban J connectivity index is 0.000000206. The van der Waals surface area contributed by atoms with Crippen LogP contribution in [-0.2, 0) is 44.9 Å². The van der Waals surface area contributed by atoms with Crippen molar-refractivity contribution in [2.24, 2.45) is 23.7 Å². The molecule has 0 bridgehead atoms. The van der Waals surface area contributed by atoms with Gasteiger partial charge in [-0.3, -0.25) is 19.2 Å². The van der Waals surface area contributed by atoms with E-state index in [4.69, 9.17) is 11.5 Å². The topological polar surface area (TPSA) is 170 Å². The standard InChI is InChI=1S/2C30H35N3O2/c2*1-20-24(14-16-29(31)32-20)13-15-28(34)21(2)33-30(35)27-12-11-23(19-27)17-22-7-6-10-26(18-22)25-8-4-3-5-9-25/h2*3-10,14,16,18,21,23,27H,11-13,15,17,19H2,1-2H3,(H2,31,32)(H,33,35)/t2*21-,23-,27+/m00/s1. The average molecular weight is 939 g/mol. The number of ketones is 2. The minimum absolute atomic E-state index is 0.0109. The molecule has 0 aliphatic heterocycles. The molecule has 4 aromatic carbocycles. The van der Waals surface area contributed by atoms with Crippen LogP contribution in [0.2, 0.25) is 0 Å². The van der Waals surface area contributed by atoms with Gasteiger partial charge in [0.25, 0.3) is 0 Å². The number of nitrogens with two attached hydrogens (primary N) is 2. The van der Waals surface area contributed by atoms with Crippen molar-refractivity contribution in [3.8, 4) is 22.3 Å². The monoisotopic (exact) mass is 939 g/mol. The Kier molecular flexibility index (Phi) is 17.9. The van der Waals surface area contributed by atoms with Crippen molar-refractivity contribution in [2.75, 3.05) is 11.5 Å². The van der Waals surface area contributed by atoms with E-state index in [0.29, 0.717) is 49.2 Å².